The number of carbonyl (C=O) groups is 5. The molecule has 40 heavy (non-hydrogen) atoms. The molecule has 0 spiro atoms. The lowest BCUT2D eigenvalue weighted by atomic mass is 9.88. The van der Waals surface area contributed by atoms with Crippen molar-refractivity contribution in [2.24, 2.45) is 10.8 Å². The molecule has 0 N–H and O–H groups in total. The molecule has 0 aliphatic rings. The van der Waals surface area contributed by atoms with Crippen LogP contribution in [0.1, 0.15) is 68.2 Å². The van der Waals surface area contributed by atoms with Crippen LogP contribution in [0.5, 0.6) is 0 Å². The van der Waals surface area contributed by atoms with E-state index in [9.17, 15) is 24.0 Å². The Balaban J connectivity index is -0.000000695. The van der Waals surface area contributed by atoms with Crippen molar-refractivity contribution in [3.63, 3.8) is 0 Å². The molecule has 0 saturated heterocycles. The van der Waals surface area contributed by atoms with E-state index in [1.165, 1.54) is 35.0 Å². The molecule has 0 radical (unpaired) electrons. The first-order valence-electron chi connectivity index (χ1n) is 12.6. The predicted molar refractivity (Wildman–Crippen MR) is 153 cm³/mol. The Morgan fingerprint density at radius 2 is 0.850 bits per heavy atom. The normalized spacial score (nSPS) is 10.2. The van der Waals surface area contributed by atoms with Gasteiger partial charge in [0.25, 0.3) is 0 Å². The Bertz CT molecular complexity index is 866. The summed E-state index contributed by atoms with van der Waals surface area (Å²) in [7, 11) is 2.75. The third kappa shape index (κ3) is 17.8. The van der Waals surface area contributed by atoms with Crippen LogP contribution in [-0.4, -0.2) is 63.9 Å². The van der Waals surface area contributed by atoms with Crippen LogP contribution in [0.15, 0.2) is 48.6 Å². The van der Waals surface area contributed by atoms with Crippen LogP contribution in [-0.2, 0) is 47.7 Å². The highest BCUT2D eigenvalue weighted by atomic mass is 16.6. The first kappa shape index (κ1) is 40.8. The van der Waals surface area contributed by atoms with Crippen molar-refractivity contribution in [1.82, 2.24) is 0 Å². The molecule has 0 saturated carbocycles. The van der Waals surface area contributed by atoms with Gasteiger partial charge >= 0.3 is 29.8 Å². The molecule has 0 aliphatic carbocycles. The van der Waals surface area contributed by atoms with Crippen molar-refractivity contribution in [3.05, 3.63) is 48.6 Å². The lowest BCUT2D eigenvalue weighted by molar-refractivity contribution is -0.157. The maximum Gasteiger partial charge on any atom is 0.333 e. The highest BCUT2D eigenvalue weighted by Gasteiger charge is 2.34. The van der Waals surface area contributed by atoms with Crippen LogP contribution in [0.25, 0.3) is 0 Å². The van der Waals surface area contributed by atoms with Gasteiger partial charge in [-0.1, -0.05) is 40.2 Å². The topological polar surface area (TPSA) is 132 Å². The van der Waals surface area contributed by atoms with E-state index in [2.05, 4.69) is 35.8 Å². The third-order valence-electron chi connectivity index (χ3n) is 5.48. The standard InChI is InChI=1S/C18H26O6.C7H14O2.C5H8O2/c1-8-18(9-22-15(19)12(2)3,10-23-16(20)13(4)5)11-24-17(21)14(6)7;1-5-7(2,3)6(8)9-4;1-4(2)5(6)7-3/h2,4,6,8-11H2,1,3,5,7H3;5H2,1-4H3;1H2,2-3H3. The molecule has 0 bridgehead atoms. The zero-order valence-electron chi connectivity index (χ0n) is 25.9. The van der Waals surface area contributed by atoms with E-state index < -0.39 is 23.3 Å². The highest BCUT2D eigenvalue weighted by molar-refractivity contribution is 5.88. The molecule has 0 unspecified atom stereocenters. The number of esters is 5. The SMILES string of the molecule is C=C(C)C(=O)OC.C=C(C)C(=O)OCC(CC)(COC(=O)C(=C)C)COC(=O)C(=C)C.CCC(C)(C)C(=O)OC. The zero-order valence-corrected chi connectivity index (χ0v) is 25.9. The molecule has 0 fully saturated rings. The fourth-order valence-electron chi connectivity index (χ4n) is 2.05. The van der Waals surface area contributed by atoms with Crippen molar-refractivity contribution < 1.29 is 47.7 Å². The second kappa shape index (κ2) is 20.2. The van der Waals surface area contributed by atoms with Crippen LogP contribution in [0.4, 0.5) is 0 Å². The molecule has 0 aliphatic heterocycles. The van der Waals surface area contributed by atoms with Gasteiger partial charge in [-0.2, -0.15) is 0 Å². The summed E-state index contributed by atoms with van der Waals surface area (Å²) in [6, 6.07) is 0. The van der Waals surface area contributed by atoms with E-state index in [1.54, 1.807) is 6.92 Å². The summed E-state index contributed by atoms with van der Waals surface area (Å²) in [4.78, 5) is 55.9. The lowest BCUT2D eigenvalue weighted by Crippen LogP contribution is -2.39. The highest BCUT2D eigenvalue weighted by Crippen LogP contribution is 2.25. The first-order chi connectivity index (χ1) is 18.3. The van der Waals surface area contributed by atoms with Crippen molar-refractivity contribution >= 4 is 29.8 Å². The molecule has 10 nitrogen and oxygen atoms in total. The number of hydrogen-bond acceptors (Lipinski definition) is 10. The molecule has 0 rings (SSSR count). The summed E-state index contributed by atoms with van der Waals surface area (Å²) in [6.45, 7) is 27.3. The van der Waals surface area contributed by atoms with Crippen LogP contribution in [0.3, 0.4) is 0 Å². The van der Waals surface area contributed by atoms with E-state index in [0.29, 0.717) is 12.0 Å². The maximum absolute atomic E-state index is 11.6. The minimum absolute atomic E-state index is 0.0812. The van der Waals surface area contributed by atoms with Crippen LogP contribution in [0.2, 0.25) is 0 Å². The summed E-state index contributed by atoms with van der Waals surface area (Å²) in [5, 5.41) is 0. The Labute approximate surface area is 239 Å². The molecule has 228 valence electrons. The smallest absolute Gasteiger partial charge is 0.333 e. The van der Waals surface area contributed by atoms with Gasteiger partial charge in [0.1, 0.15) is 19.8 Å². The molecule has 0 aromatic heterocycles. The molecule has 0 heterocycles. The van der Waals surface area contributed by atoms with Gasteiger partial charge in [-0.3, -0.25) is 4.79 Å². The maximum atomic E-state index is 11.6. The third-order valence-corrected chi connectivity index (χ3v) is 5.48. The molecule has 10 heteroatoms. The summed E-state index contributed by atoms with van der Waals surface area (Å²) < 4.78 is 24.4. The Morgan fingerprint density at radius 3 is 0.975 bits per heavy atom. The summed E-state index contributed by atoms with van der Waals surface area (Å²) in [6.07, 6.45) is 1.27. The van der Waals surface area contributed by atoms with Crippen molar-refractivity contribution in [2.75, 3.05) is 34.0 Å². The van der Waals surface area contributed by atoms with E-state index in [-0.39, 0.29) is 53.9 Å². The number of ether oxygens (including phenoxy) is 5. The number of hydrogen-bond donors (Lipinski definition) is 0. The summed E-state index contributed by atoms with van der Waals surface area (Å²) in [5.41, 5.74) is 0.00638. The van der Waals surface area contributed by atoms with Crippen molar-refractivity contribution in [3.8, 4) is 0 Å². The van der Waals surface area contributed by atoms with E-state index in [0.717, 1.165) is 6.42 Å². The first-order valence-corrected chi connectivity index (χ1v) is 12.6. The minimum atomic E-state index is -0.860. The molecule has 0 aromatic rings. The van der Waals surface area contributed by atoms with Crippen molar-refractivity contribution in [1.29, 1.82) is 0 Å². The minimum Gasteiger partial charge on any atom is -0.469 e. The zero-order chi connectivity index (χ0) is 32.3. The van der Waals surface area contributed by atoms with Crippen LogP contribution < -0.4 is 0 Å². The second-order valence-corrected chi connectivity index (χ2v) is 9.92. The van der Waals surface area contributed by atoms with Gasteiger partial charge in [0.15, 0.2) is 0 Å². The van der Waals surface area contributed by atoms with Crippen LogP contribution in [0, 0.1) is 10.8 Å². The Morgan fingerprint density at radius 1 is 0.550 bits per heavy atom. The van der Waals surface area contributed by atoms with Gasteiger partial charge in [-0.15, -0.1) is 0 Å². The molecule has 0 atom stereocenters. The van der Waals surface area contributed by atoms with Gasteiger partial charge in [0.2, 0.25) is 0 Å². The average molecular weight is 569 g/mol. The van der Waals surface area contributed by atoms with Gasteiger partial charge in [-0.25, -0.2) is 19.2 Å². The second-order valence-electron chi connectivity index (χ2n) is 9.92. The van der Waals surface area contributed by atoms with Gasteiger partial charge in [-0.05, 0) is 54.4 Å². The largest absolute Gasteiger partial charge is 0.469 e. The number of rotatable bonds is 13. The molecular formula is C30H48O10. The monoisotopic (exact) mass is 568 g/mol. The number of methoxy groups -OCH3 is 2. The van der Waals surface area contributed by atoms with Gasteiger partial charge in [0, 0.05) is 22.3 Å². The fraction of sp³-hybridized carbons (Fsp3) is 0.567. The average Bonchev–Trinajstić information content (AvgIpc) is 2.91. The quantitative estimate of drug-likeness (QED) is 0.168. The van der Waals surface area contributed by atoms with Crippen LogP contribution >= 0.6 is 0 Å². The lowest BCUT2D eigenvalue weighted by Gasteiger charge is -2.31. The predicted octanol–water partition coefficient (Wildman–Crippen LogP) is 5.07. The van der Waals surface area contributed by atoms with E-state index >= 15 is 0 Å². The molecule has 0 amide bonds. The van der Waals surface area contributed by atoms with Gasteiger partial charge in [0.05, 0.1) is 25.0 Å². The molecule has 0 aromatic carbocycles. The van der Waals surface area contributed by atoms with Crippen molar-refractivity contribution in [2.45, 2.75) is 68.2 Å². The Kier molecular flexibility index (Phi) is 20.7. The Hall–Kier alpha value is -3.69. The summed E-state index contributed by atoms with van der Waals surface area (Å²) >= 11 is 0. The number of carbonyl (C=O) groups excluding carboxylic acids is 5. The van der Waals surface area contributed by atoms with Gasteiger partial charge < -0.3 is 23.7 Å². The van der Waals surface area contributed by atoms with E-state index in [1.807, 2.05) is 27.7 Å². The fourth-order valence-corrected chi connectivity index (χ4v) is 2.05. The molecular weight excluding hydrogens is 520 g/mol. The summed E-state index contributed by atoms with van der Waals surface area (Å²) in [5.74, 6) is -2.18. The van der Waals surface area contributed by atoms with E-state index in [4.69, 9.17) is 14.2 Å².